The normalized spacial score (nSPS) is 10.5. The maximum Gasteiger partial charge on any atom is 0.136 e. The number of aryl methyl sites for hydroxylation is 1. The molecule has 0 radical (unpaired) electrons. The number of hydrogen-bond acceptors (Lipinski definition) is 1. The van der Waals surface area contributed by atoms with Gasteiger partial charge in [0, 0.05) is 18.1 Å². The second-order valence-electron chi connectivity index (χ2n) is 2.32. The third-order valence-electron chi connectivity index (χ3n) is 1.63. The minimum Gasteiger partial charge on any atom is -0.306 e. The van der Waals surface area contributed by atoms with E-state index < -0.39 is 0 Å². The average molecular weight is 132 g/mol. The van der Waals surface area contributed by atoms with Gasteiger partial charge in [-0.2, -0.15) is 0 Å². The van der Waals surface area contributed by atoms with Crippen LogP contribution in [0.3, 0.4) is 0 Å². The van der Waals surface area contributed by atoms with Gasteiger partial charge in [-0.3, -0.25) is 0 Å². The van der Waals surface area contributed by atoms with Crippen molar-refractivity contribution < 1.29 is 0 Å². The van der Waals surface area contributed by atoms with Crippen LogP contribution in [0.5, 0.6) is 0 Å². The molecule has 2 nitrogen and oxygen atoms in total. The number of rotatable bonds is 0. The summed E-state index contributed by atoms with van der Waals surface area (Å²) in [5.74, 6) is 0. The zero-order chi connectivity index (χ0) is 6.97. The van der Waals surface area contributed by atoms with E-state index in [1.54, 1.807) is 0 Å². The minimum atomic E-state index is 1.01. The fourth-order valence-electron chi connectivity index (χ4n) is 1.08. The van der Waals surface area contributed by atoms with E-state index in [0.29, 0.717) is 0 Å². The largest absolute Gasteiger partial charge is 0.306 e. The molecule has 0 spiro atoms. The zero-order valence-electron chi connectivity index (χ0n) is 5.78. The first-order valence-corrected chi connectivity index (χ1v) is 3.26. The fraction of sp³-hybridized carbons (Fsp3) is 0.125. The lowest BCUT2D eigenvalue weighted by Gasteiger charge is -1.96. The first kappa shape index (κ1) is 5.47. The molecule has 2 aromatic heterocycles. The molecule has 0 N–H and O–H groups in total. The summed E-state index contributed by atoms with van der Waals surface area (Å²) in [6, 6.07) is 5.98. The Kier molecular flexibility index (Phi) is 1.01. The highest BCUT2D eigenvalue weighted by Crippen LogP contribution is 2.02. The second kappa shape index (κ2) is 1.84. The third kappa shape index (κ3) is 0.620. The van der Waals surface area contributed by atoms with Crippen LogP contribution in [-0.2, 0) is 0 Å². The quantitative estimate of drug-likeness (QED) is 0.532. The van der Waals surface area contributed by atoms with Crippen LogP contribution in [0.2, 0.25) is 0 Å². The first-order valence-electron chi connectivity index (χ1n) is 3.26. The molecular formula is C8H8N2. The summed E-state index contributed by atoms with van der Waals surface area (Å²) in [4.78, 5) is 4.16. The van der Waals surface area contributed by atoms with Gasteiger partial charge in [-0.15, -0.1) is 0 Å². The molecule has 0 aliphatic heterocycles. The molecule has 2 heteroatoms. The van der Waals surface area contributed by atoms with Crippen molar-refractivity contribution in [3.63, 3.8) is 0 Å². The lowest BCUT2D eigenvalue weighted by atomic mass is 10.4. The van der Waals surface area contributed by atoms with Crippen LogP contribution < -0.4 is 0 Å². The maximum absolute atomic E-state index is 4.16. The average Bonchev–Trinajstić information content (AvgIpc) is 2.36. The van der Waals surface area contributed by atoms with Crippen molar-refractivity contribution in [3.8, 4) is 0 Å². The summed E-state index contributed by atoms with van der Waals surface area (Å²) < 4.78 is 2.06. The number of fused-ring (bicyclic) bond motifs is 1. The van der Waals surface area contributed by atoms with Crippen molar-refractivity contribution in [2.75, 3.05) is 0 Å². The van der Waals surface area contributed by atoms with Crippen molar-refractivity contribution in [1.29, 1.82) is 0 Å². The standard InChI is InChI=1S/C8H8N2/c1-7-4-5-9-8-3-2-6-10(7)8/h2-6H,1H3. The van der Waals surface area contributed by atoms with Gasteiger partial charge in [0.1, 0.15) is 5.65 Å². The molecular weight excluding hydrogens is 124 g/mol. The lowest BCUT2D eigenvalue weighted by Crippen LogP contribution is -1.89. The van der Waals surface area contributed by atoms with Crippen molar-refractivity contribution in [2.24, 2.45) is 0 Å². The van der Waals surface area contributed by atoms with E-state index in [0.717, 1.165) is 5.65 Å². The molecule has 0 bridgehead atoms. The molecule has 0 aromatic carbocycles. The van der Waals surface area contributed by atoms with Crippen molar-refractivity contribution in [3.05, 3.63) is 36.3 Å². The Hall–Kier alpha value is -1.31. The predicted molar refractivity (Wildman–Crippen MR) is 39.9 cm³/mol. The van der Waals surface area contributed by atoms with Gasteiger partial charge in [0.25, 0.3) is 0 Å². The molecule has 0 aliphatic rings. The van der Waals surface area contributed by atoms with E-state index in [1.807, 2.05) is 30.6 Å². The van der Waals surface area contributed by atoms with Gasteiger partial charge < -0.3 is 4.40 Å². The Labute approximate surface area is 59.1 Å². The predicted octanol–water partition coefficient (Wildman–Crippen LogP) is 1.64. The van der Waals surface area contributed by atoms with Gasteiger partial charge in [0.05, 0.1) is 0 Å². The molecule has 0 amide bonds. The van der Waals surface area contributed by atoms with Gasteiger partial charge in [-0.25, -0.2) is 4.98 Å². The smallest absolute Gasteiger partial charge is 0.136 e. The SMILES string of the molecule is Cc1ccnc2cccn12. The van der Waals surface area contributed by atoms with Crippen molar-refractivity contribution in [1.82, 2.24) is 9.38 Å². The number of aromatic nitrogens is 2. The Bertz CT molecular complexity index is 349. The van der Waals surface area contributed by atoms with Gasteiger partial charge in [-0.1, -0.05) is 0 Å². The van der Waals surface area contributed by atoms with E-state index in [1.165, 1.54) is 5.69 Å². The topological polar surface area (TPSA) is 17.3 Å². The first-order chi connectivity index (χ1) is 4.88. The molecule has 0 unspecified atom stereocenters. The molecule has 0 fully saturated rings. The molecule has 10 heavy (non-hydrogen) atoms. The summed E-state index contributed by atoms with van der Waals surface area (Å²) in [5, 5.41) is 0. The third-order valence-corrected chi connectivity index (χ3v) is 1.63. The van der Waals surface area contributed by atoms with Crippen LogP contribution in [0.25, 0.3) is 5.65 Å². The fourth-order valence-corrected chi connectivity index (χ4v) is 1.08. The molecule has 0 atom stereocenters. The van der Waals surface area contributed by atoms with E-state index in [9.17, 15) is 0 Å². The zero-order valence-corrected chi connectivity index (χ0v) is 5.78. The van der Waals surface area contributed by atoms with Gasteiger partial charge >= 0.3 is 0 Å². The van der Waals surface area contributed by atoms with Crippen LogP contribution >= 0.6 is 0 Å². The summed E-state index contributed by atoms with van der Waals surface area (Å²) in [6.45, 7) is 2.06. The monoisotopic (exact) mass is 132 g/mol. The highest BCUT2D eigenvalue weighted by molar-refractivity contribution is 5.39. The second-order valence-corrected chi connectivity index (χ2v) is 2.32. The maximum atomic E-state index is 4.16. The summed E-state index contributed by atoms with van der Waals surface area (Å²) >= 11 is 0. The van der Waals surface area contributed by atoms with Gasteiger partial charge in [-0.05, 0) is 25.1 Å². The Morgan fingerprint density at radius 1 is 1.40 bits per heavy atom. The number of hydrogen-bond donors (Lipinski definition) is 0. The van der Waals surface area contributed by atoms with E-state index in [-0.39, 0.29) is 0 Å². The highest BCUT2D eigenvalue weighted by atomic mass is 15.0. The van der Waals surface area contributed by atoms with E-state index >= 15 is 0 Å². The summed E-state index contributed by atoms with van der Waals surface area (Å²) in [7, 11) is 0. The van der Waals surface area contributed by atoms with Crippen LogP contribution in [0.1, 0.15) is 5.69 Å². The molecule has 2 rings (SSSR count). The molecule has 0 saturated carbocycles. The van der Waals surface area contributed by atoms with Crippen LogP contribution in [0.15, 0.2) is 30.6 Å². The molecule has 50 valence electrons. The summed E-state index contributed by atoms with van der Waals surface area (Å²) in [5.41, 5.74) is 2.23. The summed E-state index contributed by atoms with van der Waals surface area (Å²) in [6.07, 6.45) is 3.84. The highest BCUT2D eigenvalue weighted by Gasteiger charge is 1.92. The van der Waals surface area contributed by atoms with E-state index in [4.69, 9.17) is 0 Å². The Morgan fingerprint density at radius 2 is 2.30 bits per heavy atom. The van der Waals surface area contributed by atoms with Crippen molar-refractivity contribution >= 4 is 5.65 Å². The van der Waals surface area contributed by atoms with Crippen LogP contribution in [0, 0.1) is 6.92 Å². The molecule has 2 aromatic rings. The van der Waals surface area contributed by atoms with E-state index in [2.05, 4.69) is 16.3 Å². The number of nitrogens with zero attached hydrogens (tertiary/aromatic N) is 2. The lowest BCUT2D eigenvalue weighted by molar-refractivity contribution is 1.06. The van der Waals surface area contributed by atoms with Crippen molar-refractivity contribution in [2.45, 2.75) is 6.92 Å². The minimum absolute atomic E-state index is 1.01. The van der Waals surface area contributed by atoms with Gasteiger partial charge in [0.15, 0.2) is 0 Å². The molecule has 2 heterocycles. The molecule has 0 saturated heterocycles. The molecule has 0 aliphatic carbocycles. The Balaban J connectivity index is 2.95. The van der Waals surface area contributed by atoms with Gasteiger partial charge in [0.2, 0.25) is 0 Å². The Morgan fingerprint density at radius 3 is 3.10 bits per heavy atom. The van der Waals surface area contributed by atoms with Crippen LogP contribution in [0.4, 0.5) is 0 Å². The van der Waals surface area contributed by atoms with Crippen LogP contribution in [-0.4, -0.2) is 9.38 Å².